The average Bonchev–Trinajstić information content (AvgIpc) is 2.93. The zero-order chi connectivity index (χ0) is 12.6. The number of hydrogen-bond acceptors (Lipinski definition) is 5. The predicted octanol–water partition coefficient (Wildman–Crippen LogP) is 0.563. The minimum absolute atomic E-state index is 0.203. The van der Waals surface area contributed by atoms with E-state index in [4.69, 9.17) is 4.74 Å². The number of hydrogen-bond donors (Lipinski definition) is 2. The van der Waals surface area contributed by atoms with Gasteiger partial charge in [-0.1, -0.05) is 5.16 Å². The third-order valence-corrected chi connectivity index (χ3v) is 2.92. The summed E-state index contributed by atoms with van der Waals surface area (Å²) >= 11 is 0. The van der Waals surface area contributed by atoms with Crippen molar-refractivity contribution in [2.75, 3.05) is 26.2 Å². The molecule has 0 aromatic carbocycles. The summed E-state index contributed by atoms with van der Waals surface area (Å²) in [5, 5.41) is 9.63. The zero-order valence-electron chi connectivity index (χ0n) is 10.4. The number of ether oxygens (including phenoxy) is 1. The van der Waals surface area contributed by atoms with Crippen LogP contribution >= 0.6 is 0 Å². The molecule has 1 aliphatic rings. The fraction of sp³-hybridized carbons (Fsp3) is 0.667. The molecule has 1 fully saturated rings. The van der Waals surface area contributed by atoms with Gasteiger partial charge in [-0.2, -0.15) is 0 Å². The van der Waals surface area contributed by atoms with Crippen LogP contribution in [-0.2, 0) is 4.74 Å². The van der Waals surface area contributed by atoms with Crippen molar-refractivity contribution >= 4 is 5.91 Å². The molecule has 2 rings (SSSR count). The highest BCUT2D eigenvalue weighted by molar-refractivity contribution is 5.91. The molecule has 0 saturated carbocycles. The van der Waals surface area contributed by atoms with Crippen LogP contribution in [0.4, 0.5) is 0 Å². The highest BCUT2D eigenvalue weighted by Gasteiger charge is 2.12. The first-order chi connectivity index (χ1) is 8.86. The molecular formula is C12H19N3O3. The third-order valence-electron chi connectivity index (χ3n) is 2.92. The van der Waals surface area contributed by atoms with E-state index in [1.54, 1.807) is 6.07 Å². The van der Waals surface area contributed by atoms with E-state index in [1.165, 1.54) is 6.26 Å². The Kier molecular flexibility index (Phi) is 5.16. The molecule has 0 spiro atoms. The van der Waals surface area contributed by atoms with Crippen LogP contribution in [0.5, 0.6) is 0 Å². The van der Waals surface area contributed by atoms with Crippen molar-refractivity contribution in [3.05, 3.63) is 18.0 Å². The molecule has 100 valence electrons. The van der Waals surface area contributed by atoms with Gasteiger partial charge in [0.15, 0.2) is 5.69 Å². The normalized spacial score (nSPS) is 16.7. The lowest BCUT2D eigenvalue weighted by atomic mass is 10.1. The van der Waals surface area contributed by atoms with Crippen LogP contribution in [0.15, 0.2) is 16.9 Å². The highest BCUT2D eigenvalue weighted by atomic mass is 16.5. The summed E-state index contributed by atoms with van der Waals surface area (Å²) in [6, 6.07) is 1.54. The Morgan fingerprint density at radius 3 is 3.11 bits per heavy atom. The summed E-state index contributed by atoms with van der Waals surface area (Å²) in [4.78, 5) is 11.5. The molecule has 1 aromatic rings. The van der Waals surface area contributed by atoms with Crippen LogP contribution < -0.4 is 10.6 Å². The number of carbonyl (C=O) groups is 1. The van der Waals surface area contributed by atoms with Crippen molar-refractivity contribution in [2.24, 2.45) is 0 Å². The summed E-state index contributed by atoms with van der Waals surface area (Å²) in [6.07, 6.45) is 4.72. The summed E-state index contributed by atoms with van der Waals surface area (Å²) in [5.74, 6) is -0.203. The Hall–Kier alpha value is -1.40. The molecule has 18 heavy (non-hydrogen) atoms. The number of carbonyl (C=O) groups excluding carboxylic acids is 1. The summed E-state index contributed by atoms with van der Waals surface area (Å²) in [7, 11) is 0. The lowest BCUT2D eigenvalue weighted by Crippen LogP contribution is -2.33. The first-order valence-corrected chi connectivity index (χ1v) is 6.37. The van der Waals surface area contributed by atoms with E-state index in [0.29, 0.717) is 24.9 Å². The van der Waals surface area contributed by atoms with E-state index < -0.39 is 0 Å². The third kappa shape index (κ3) is 4.12. The lowest BCUT2D eigenvalue weighted by molar-refractivity contribution is 0.0317. The van der Waals surface area contributed by atoms with Gasteiger partial charge in [-0.25, -0.2) is 0 Å². The standard InChI is InChI=1S/C12H19N3O3/c16-12(11-4-9-18-15-11)14-5-1-8-17-10-2-6-13-7-3-10/h4,9-10,13H,1-3,5-8H2,(H,14,16). The molecule has 6 nitrogen and oxygen atoms in total. The number of rotatable bonds is 6. The maximum absolute atomic E-state index is 11.5. The van der Waals surface area contributed by atoms with E-state index in [2.05, 4.69) is 20.3 Å². The first kappa shape index (κ1) is 13.0. The van der Waals surface area contributed by atoms with Crippen molar-refractivity contribution in [3.63, 3.8) is 0 Å². The molecule has 6 heteroatoms. The average molecular weight is 253 g/mol. The number of piperidine rings is 1. The van der Waals surface area contributed by atoms with Gasteiger partial charge in [-0.3, -0.25) is 4.79 Å². The first-order valence-electron chi connectivity index (χ1n) is 6.37. The van der Waals surface area contributed by atoms with Gasteiger partial charge in [-0.05, 0) is 32.4 Å². The molecule has 0 radical (unpaired) electrons. The molecule has 1 saturated heterocycles. The monoisotopic (exact) mass is 253 g/mol. The number of nitrogens with zero attached hydrogens (tertiary/aromatic N) is 1. The highest BCUT2D eigenvalue weighted by Crippen LogP contribution is 2.07. The van der Waals surface area contributed by atoms with Gasteiger partial charge in [0.1, 0.15) is 6.26 Å². The van der Waals surface area contributed by atoms with Crippen LogP contribution in [0.1, 0.15) is 29.8 Å². The lowest BCUT2D eigenvalue weighted by Gasteiger charge is -2.22. The largest absolute Gasteiger partial charge is 0.378 e. The molecule has 0 bridgehead atoms. The van der Waals surface area contributed by atoms with Crippen LogP contribution in [0.2, 0.25) is 0 Å². The van der Waals surface area contributed by atoms with Gasteiger partial charge in [0.2, 0.25) is 0 Å². The topological polar surface area (TPSA) is 76.4 Å². The van der Waals surface area contributed by atoms with Gasteiger partial charge >= 0.3 is 0 Å². The van der Waals surface area contributed by atoms with Crippen molar-refractivity contribution in [2.45, 2.75) is 25.4 Å². The van der Waals surface area contributed by atoms with Gasteiger partial charge in [0, 0.05) is 19.2 Å². The van der Waals surface area contributed by atoms with Gasteiger partial charge in [0.05, 0.1) is 6.10 Å². The molecule has 2 heterocycles. The number of amides is 1. The van der Waals surface area contributed by atoms with Gasteiger partial charge in [-0.15, -0.1) is 0 Å². The molecule has 0 unspecified atom stereocenters. The van der Waals surface area contributed by atoms with E-state index in [-0.39, 0.29) is 5.91 Å². The maximum atomic E-state index is 11.5. The van der Waals surface area contributed by atoms with Crippen molar-refractivity contribution in [1.82, 2.24) is 15.8 Å². The smallest absolute Gasteiger partial charge is 0.273 e. The van der Waals surface area contributed by atoms with Crippen molar-refractivity contribution < 1.29 is 14.1 Å². The fourth-order valence-electron chi connectivity index (χ4n) is 1.91. The Morgan fingerprint density at radius 1 is 1.56 bits per heavy atom. The molecule has 2 N–H and O–H groups in total. The Labute approximate surface area is 106 Å². The molecule has 1 aliphatic heterocycles. The van der Waals surface area contributed by atoms with Crippen LogP contribution in [0, 0.1) is 0 Å². The van der Waals surface area contributed by atoms with E-state index >= 15 is 0 Å². The molecular weight excluding hydrogens is 234 g/mol. The SMILES string of the molecule is O=C(NCCCOC1CCNCC1)c1ccon1. The Bertz CT molecular complexity index is 347. The van der Waals surface area contributed by atoms with E-state index in [0.717, 1.165) is 32.4 Å². The van der Waals surface area contributed by atoms with E-state index in [9.17, 15) is 4.79 Å². The van der Waals surface area contributed by atoms with E-state index in [1.807, 2.05) is 0 Å². The molecule has 1 amide bonds. The Morgan fingerprint density at radius 2 is 2.39 bits per heavy atom. The minimum atomic E-state index is -0.203. The zero-order valence-corrected chi connectivity index (χ0v) is 10.4. The summed E-state index contributed by atoms with van der Waals surface area (Å²) < 4.78 is 10.3. The quantitative estimate of drug-likeness (QED) is 0.725. The van der Waals surface area contributed by atoms with Crippen molar-refractivity contribution in [3.8, 4) is 0 Å². The fourth-order valence-corrected chi connectivity index (χ4v) is 1.91. The summed E-state index contributed by atoms with van der Waals surface area (Å²) in [6.45, 7) is 3.35. The summed E-state index contributed by atoms with van der Waals surface area (Å²) in [5.41, 5.74) is 0.314. The number of nitrogens with one attached hydrogen (secondary N) is 2. The second kappa shape index (κ2) is 7.13. The predicted molar refractivity (Wildman–Crippen MR) is 65.3 cm³/mol. The van der Waals surface area contributed by atoms with Crippen LogP contribution in [0.3, 0.4) is 0 Å². The maximum Gasteiger partial charge on any atom is 0.273 e. The molecule has 1 aromatic heterocycles. The van der Waals surface area contributed by atoms with Gasteiger partial charge in [0.25, 0.3) is 5.91 Å². The molecule has 0 aliphatic carbocycles. The second-order valence-electron chi connectivity index (χ2n) is 4.31. The van der Waals surface area contributed by atoms with Crippen LogP contribution in [0.25, 0.3) is 0 Å². The minimum Gasteiger partial charge on any atom is -0.378 e. The number of aromatic nitrogens is 1. The Balaban J connectivity index is 1.52. The second-order valence-corrected chi connectivity index (χ2v) is 4.31. The van der Waals surface area contributed by atoms with Gasteiger partial charge < -0.3 is 19.9 Å². The van der Waals surface area contributed by atoms with Crippen molar-refractivity contribution in [1.29, 1.82) is 0 Å². The van der Waals surface area contributed by atoms with Crippen LogP contribution in [-0.4, -0.2) is 43.4 Å². The molecule has 0 atom stereocenters.